The average molecular weight is 281 g/mol. The second kappa shape index (κ2) is 7.64. The van der Waals surface area contributed by atoms with Gasteiger partial charge in [0.05, 0.1) is 0 Å². The van der Waals surface area contributed by atoms with E-state index >= 15 is 0 Å². The summed E-state index contributed by atoms with van der Waals surface area (Å²) in [5.74, 6) is -2.15. The van der Waals surface area contributed by atoms with Crippen LogP contribution in [0.2, 0.25) is 0 Å². The van der Waals surface area contributed by atoms with Crippen molar-refractivity contribution in [1.29, 1.82) is 0 Å². The maximum absolute atomic E-state index is 11.0. The van der Waals surface area contributed by atoms with Crippen LogP contribution in [0.15, 0.2) is 24.3 Å². The molecular formula is C12H16BNO6. The molecule has 0 aliphatic rings. The number of hydrogen-bond acceptors (Lipinski definition) is 5. The molecule has 0 fully saturated rings. The quantitative estimate of drug-likeness (QED) is 0.378. The molecule has 0 bridgehead atoms. The highest BCUT2D eigenvalue weighted by Crippen LogP contribution is 2.02. The van der Waals surface area contributed by atoms with Crippen molar-refractivity contribution < 1.29 is 29.9 Å². The lowest BCUT2D eigenvalue weighted by atomic mass is 9.80. The van der Waals surface area contributed by atoms with Crippen molar-refractivity contribution in [3.8, 4) is 0 Å². The average Bonchev–Trinajstić information content (AvgIpc) is 2.38. The Bertz CT molecular complexity index is 462. The Hall–Kier alpha value is -1.90. The lowest BCUT2D eigenvalue weighted by Gasteiger charge is -2.13. The van der Waals surface area contributed by atoms with Crippen LogP contribution in [0.3, 0.4) is 0 Å². The molecule has 1 atom stereocenters. The van der Waals surface area contributed by atoms with Gasteiger partial charge in [-0.2, -0.15) is 0 Å². The Morgan fingerprint density at radius 2 is 1.75 bits per heavy atom. The van der Waals surface area contributed by atoms with Crippen molar-refractivity contribution in [1.82, 2.24) is 5.32 Å². The summed E-state index contributed by atoms with van der Waals surface area (Å²) in [6.07, 6.45) is -0.224. The number of rotatable bonds is 8. The maximum Gasteiger partial charge on any atom is 0.488 e. The first-order chi connectivity index (χ1) is 9.40. The third-order valence-electron chi connectivity index (χ3n) is 2.78. The van der Waals surface area contributed by atoms with Crippen LogP contribution in [-0.4, -0.2) is 45.4 Å². The Morgan fingerprint density at radius 3 is 2.20 bits per heavy atom. The standard InChI is InChI=1S/C12H16BNO6/c15-11(16)6-5-10(12(17)18)14-7-8-1-3-9(4-2-8)13(19)20/h1-4,10,14,19-20H,5-7H2,(H,15,16)(H,17,18)/t10-/m0/s1. The van der Waals surface area contributed by atoms with E-state index in [4.69, 9.17) is 20.3 Å². The van der Waals surface area contributed by atoms with E-state index < -0.39 is 25.1 Å². The summed E-state index contributed by atoms with van der Waals surface area (Å²) in [6, 6.07) is 5.38. The summed E-state index contributed by atoms with van der Waals surface area (Å²) in [5.41, 5.74) is 1.10. The van der Waals surface area contributed by atoms with Crippen molar-refractivity contribution in [2.75, 3.05) is 0 Å². The van der Waals surface area contributed by atoms with Gasteiger partial charge in [-0.1, -0.05) is 24.3 Å². The lowest BCUT2D eigenvalue weighted by Crippen LogP contribution is -2.36. The van der Waals surface area contributed by atoms with Gasteiger partial charge in [-0.25, -0.2) is 0 Å². The molecule has 0 heterocycles. The summed E-state index contributed by atoms with van der Waals surface area (Å²) in [6.45, 7) is 0.248. The Kier molecular flexibility index (Phi) is 6.17. The van der Waals surface area contributed by atoms with Gasteiger partial charge in [-0.05, 0) is 17.4 Å². The van der Waals surface area contributed by atoms with E-state index in [1.54, 1.807) is 12.1 Å². The minimum absolute atomic E-state index is 0.00188. The van der Waals surface area contributed by atoms with Crippen LogP contribution in [0.25, 0.3) is 0 Å². The van der Waals surface area contributed by atoms with E-state index in [-0.39, 0.29) is 19.4 Å². The van der Waals surface area contributed by atoms with Gasteiger partial charge in [0.1, 0.15) is 6.04 Å². The van der Waals surface area contributed by atoms with Crippen LogP contribution < -0.4 is 10.8 Å². The number of nitrogens with one attached hydrogen (secondary N) is 1. The van der Waals surface area contributed by atoms with E-state index in [2.05, 4.69) is 5.32 Å². The third-order valence-corrected chi connectivity index (χ3v) is 2.78. The molecule has 0 aliphatic carbocycles. The fourth-order valence-electron chi connectivity index (χ4n) is 1.63. The molecule has 7 nitrogen and oxygen atoms in total. The number of carboxylic acids is 2. The molecule has 0 saturated heterocycles. The number of hydrogen-bond donors (Lipinski definition) is 5. The molecule has 0 aliphatic heterocycles. The predicted octanol–water partition coefficient (Wildman–Crippen LogP) is -1.23. The number of aliphatic carboxylic acids is 2. The van der Waals surface area contributed by atoms with Crippen molar-refractivity contribution in [3.05, 3.63) is 29.8 Å². The highest BCUT2D eigenvalue weighted by molar-refractivity contribution is 6.58. The van der Waals surface area contributed by atoms with Crippen LogP contribution in [0.5, 0.6) is 0 Å². The highest BCUT2D eigenvalue weighted by atomic mass is 16.4. The van der Waals surface area contributed by atoms with Crippen molar-refractivity contribution in [2.45, 2.75) is 25.4 Å². The molecule has 0 aromatic heterocycles. The number of carbonyl (C=O) groups is 2. The minimum atomic E-state index is -1.54. The van der Waals surface area contributed by atoms with Crippen molar-refractivity contribution in [2.24, 2.45) is 0 Å². The number of benzene rings is 1. The van der Waals surface area contributed by atoms with E-state index in [0.717, 1.165) is 5.56 Å². The van der Waals surface area contributed by atoms with Gasteiger partial charge in [-0.3, -0.25) is 9.59 Å². The molecule has 0 saturated carbocycles. The molecule has 8 heteroatoms. The van der Waals surface area contributed by atoms with E-state index in [9.17, 15) is 9.59 Å². The zero-order valence-corrected chi connectivity index (χ0v) is 10.7. The van der Waals surface area contributed by atoms with Gasteiger partial charge in [0, 0.05) is 13.0 Å². The zero-order chi connectivity index (χ0) is 15.1. The topological polar surface area (TPSA) is 127 Å². The van der Waals surface area contributed by atoms with Gasteiger partial charge in [0.2, 0.25) is 0 Å². The molecular weight excluding hydrogens is 265 g/mol. The summed E-state index contributed by atoms with van der Waals surface area (Å²) in [7, 11) is -1.54. The first kappa shape index (κ1) is 16.2. The third kappa shape index (κ3) is 5.39. The fourth-order valence-corrected chi connectivity index (χ4v) is 1.63. The van der Waals surface area contributed by atoms with Crippen molar-refractivity contribution in [3.63, 3.8) is 0 Å². The molecule has 108 valence electrons. The van der Waals surface area contributed by atoms with Gasteiger partial charge in [-0.15, -0.1) is 0 Å². The monoisotopic (exact) mass is 281 g/mol. The summed E-state index contributed by atoms with van der Waals surface area (Å²) in [5, 5.41) is 38.1. The molecule has 20 heavy (non-hydrogen) atoms. The first-order valence-electron chi connectivity index (χ1n) is 6.03. The predicted molar refractivity (Wildman–Crippen MR) is 71.4 cm³/mol. The Balaban J connectivity index is 2.54. The van der Waals surface area contributed by atoms with Crippen LogP contribution in [0.1, 0.15) is 18.4 Å². The van der Waals surface area contributed by atoms with Gasteiger partial charge in [0.15, 0.2) is 0 Å². The molecule has 5 N–H and O–H groups in total. The van der Waals surface area contributed by atoms with E-state index in [1.807, 2.05) is 0 Å². The van der Waals surface area contributed by atoms with E-state index in [0.29, 0.717) is 5.46 Å². The largest absolute Gasteiger partial charge is 0.488 e. The molecule has 0 unspecified atom stereocenters. The number of carboxylic acid groups (broad SMARTS) is 2. The fraction of sp³-hybridized carbons (Fsp3) is 0.333. The normalized spacial score (nSPS) is 11.9. The van der Waals surface area contributed by atoms with Crippen LogP contribution in [-0.2, 0) is 16.1 Å². The second-order valence-electron chi connectivity index (χ2n) is 4.32. The molecule has 0 spiro atoms. The Morgan fingerprint density at radius 1 is 1.15 bits per heavy atom. The maximum atomic E-state index is 11.0. The second-order valence-corrected chi connectivity index (χ2v) is 4.32. The van der Waals surface area contributed by atoms with Crippen LogP contribution in [0, 0.1) is 0 Å². The zero-order valence-electron chi connectivity index (χ0n) is 10.7. The minimum Gasteiger partial charge on any atom is -0.481 e. The first-order valence-corrected chi connectivity index (χ1v) is 6.03. The summed E-state index contributed by atoms with van der Waals surface area (Å²) >= 11 is 0. The van der Waals surface area contributed by atoms with Crippen LogP contribution >= 0.6 is 0 Å². The SMILES string of the molecule is O=C(O)CC[C@H](NCc1ccc(B(O)O)cc1)C(=O)O. The molecule has 1 aromatic carbocycles. The van der Waals surface area contributed by atoms with Crippen molar-refractivity contribution >= 4 is 24.5 Å². The molecule has 1 aromatic rings. The van der Waals surface area contributed by atoms with E-state index in [1.165, 1.54) is 12.1 Å². The lowest BCUT2D eigenvalue weighted by molar-refractivity contribution is -0.140. The highest BCUT2D eigenvalue weighted by Gasteiger charge is 2.18. The summed E-state index contributed by atoms with van der Waals surface area (Å²) < 4.78 is 0. The molecule has 0 amide bonds. The molecule has 0 radical (unpaired) electrons. The van der Waals surface area contributed by atoms with Gasteiger partial charge >= 0.3 is 19.1 Å². The smallest absolute Gasteiger partial charge is 0.481 e. The summed E-state index contributed by atoms with van der Waals surface area (Å²) in [4.78, 5) is 21.4. The van der Waals surface area contributed by atoms with Crippen LogP contribution in [0.4, 0.5) is 0 Å². The molecule has 1 rings (SSSR count). The van der Waals surface area contributed by atoms with Gasteiger partial charge in [0.25, 0.3) is 0 Å². The Labute approximate surface area is 116 Å². The van der Waals surface area contributed by atoms with Gasteiger partial charge < -0.3 is 25.6 Å².